The molecule has 7 nitrogen and oxygen atoms in total. The number of imidazole rings is 1. The maximum Gasteiger partial charge on any atom is 0.267 e. The summed E-state index contributed by atoms with van der Waals surface area (Å²) in [6, 6.07) is 17.7. The number of hydrogen-bond acceptors (Lipinski definition) is 6. The monoisotopic (exact) mass is 581 g/mol. The Balaban J connectivity index is 1.71. The van der Waals surface area contributed by atoms with E-state index in [9.17, 15) is 17.2 Å². The van der Waals surface area contributed by atoms with Crippen molar-refractivity contribution in [2.24, 2.45) is 0 Å². The van der Waals surface area contributed by atoms with Crippen LogP contribution < -0.4 is 4.72 Å². The van der Waals surface area contributed by atoms with Gasteiger partial charge in [-0.05, 0) is 43.5 Å². The van der Waals surface area contributed by atoms with Crippen LogP contribution >= 0.6 is 11.8 Å². The third-order valence-corrected chi connectivity index (χ3v) is 8.04. The van der Waals surface area contributed by atoms with Gasteiger partial charge in [0.15, 0.2) is 15.9 Å². The number of sulfonamides is 1. The van der Waals surface area contributed by atoms with Crippen molar-refractivity contribution in [1.82, 2.24) is 19.5 Å². The van der Waals surface area contributed by atoms with Crippen molar-refractivity contribution in [2.75, 3.05) is 11.0 Å². The second-order valence-corrected chi connectivity index (χ2v) is 10.9. The molecule has 0 atom stereocenters. The SMILES string of the molecule is CCn1c(-c2ccccc2)nc(-c2cccc(NS(=O)(=O)c3c(F)cccc3F)c2F)c1-c1ccnc(SC)n1. The van der Waals surface area contributed by atoms with Gasteiger partial charge in [0, 0.05) is 23.9 Å². The first-order chi connectivity index (χ1) is 19.2. The molecule has 0 saturated heterocycles. The molecular weight excluding hydrogens is 559 g/mol. The number of benzene rings is 3. The minimum atomic E-state index is -4.81. The molecule has 0 aliphatic carbocycles. The molecule has 0 unspecified atom stereocenters. The van der Waals surface area contributed by atoms with E-state index >= 15 is 4.39 Å². The molecule has 0 spiro atoms. The lowest BCUT2D eigenvalue weighted by Gasteiger charge is -2.13. The Morgan fingerprint density at radius 1 is 0.900 bits per heavy atom. The van der Waals surface area contributed by atoms with Crippen molar-refractivity contribution in [3.8, 4) is 34.0 Å². The Labute approximate surface area is 233 Å². The zero-order chi connectivity index (χ0) is 28.4. The van der Waals surface area contributed by atoms with E-state index in [1.54, 1.807) is 12.3 Å². The zero-order valence-electron chi connectivity index (χ0n) is 21.3. The van der Waals surface area contributed by atoms with Crippen LogP contribution in [0, 0.1) is 17.5 Å². The van der Waals surface area contributed by atoms with Crippen LogP contribution in [-0.4, -0.2) is 34.2 Å². The first-order valence-corrected chi connectivity index (χ1v) is 14.7. The molecule has 3 aromatic carbocycles. The van der Waals surface area contributed by atoms with Crippen LogP contribution in [0.1, 0.15) is 6.92 Å². The molecule has 2 aromatic heterocycles. The Bertz CT molecular complexity index is 1790. The summed E-state index contributed by atoms with van der Waals surface area (Å²) < 4.78 is 74.3. The molecule has 5 rings (SSSR count). The van der Waals surface area contributed by atoms with Crippen molar-refractivity contribution in [2.45, 2.75) is 23.5 Å². The lowest BCUT2D eigenvalue weighted by molar-refractivity contribution is 0.521. The number of nitrogens with zero attached hydrogens (tertiary/aromatic N) is 4. The quantitative estimate of drug-likeness (QED) is 0.163. The highest BCUT2D eigenvalue weighted by Crippen LogP contribution is 2.38. The van der Waals surface area contributed by atoms with Gasteiger partial charge in [-0.2, -0.15) is 0 Å². The van der Waals surface area contributed by atoms with Crippen LogP contribution in [0.25, 0.3) is 34.0 Å². The Morgan fingerprint density at radius 2 is 1.60 bits per heavy atom. The van der Waals surface area contributed by atoms with Gasteiger partial charge in [-0.3, -0.25) is 4.72 Å². The average molecular weight is 582 g/mol. The summed E-state index contributed by atoms with van der Waals surface area (Å²) in [6.45, 7) is 2.38. The number of thioether (sulfide) groups is 1. The molecule has 12 heteroatoms. The zero-order valence-corrected chi connectivity index (χ0v) is 22.9. The first-order valence-electron chi connectivity index (χ1n) is 12.0. The highest BCUT2D eigenvalue weighted by Gasteiger charge is 2.28. The molecule has 0 aliphatic heterocycles. The van der Waals surface area contributed by atoms with Crippen LogP contribution in [0.15, 0.2) is 89.0 Å². The highest BCUT2D eigenvalue weighted by atomic mass is 32.2. The van der Waals surface area contributed by atoms with Crippen molar-refractivity contribution in [3.63, 3.8) is 0 Å². The van der Waals surface area contributed by atoms with Gasteiger partial charge in [-0.15, -0.1) is 0 Å². The number of anilines is 1. The standard InChI is InChI=1S/C28H22F3N5O2S2/c1-3-36-25(22-15-16-32-28(33-22)39-2)24(34-27(36)17-9-5-4-6-10-17)18-11-7-14-21(23(18)31)35-40(37,38)26-19(29)12-8-13-20(26)30/h4-16,35H,3H2,1-2H3. The van der Waals surface area contributed by atoms with Gasteiger partial charge in [0.05, 0.1) is 17.1 Å². The number of halogens is 3. The summed E-state index contributed by atoms with van der Waals surface area (Å²) in [5.41, 5.74) is 1.46. The fourth-order valence-electron chi connectivity index (χ4n) is 4.32. The van der Waals surface area contributed by atoms with E-state index in [-0.39, 0.29) is 11.3 Å². The molecule has 5 aromatic rings. The van der Waals surface area contributed by atoms with E-state index in [2.05, 4.69) is 9.97 Å². The summed E-state index contributed by atoms with van der Waals surface area (Å²) in [5, 5.41) is 0.502. The smallest absolute Gasteiger partial charge is 0.267 e. The maximum absolute atomic E-state index is 16.1. The van der Waals surface area contributed by atoms with Crippen molar-refractivity contribution < 1.29 is 21.6 Å². The lowest BCUT2D eigenvalue weighted by atomic mass is 10.1. The van der Waals surface area contributed by atoms with Crippen LogP contribution in [0.2, 0.25) is 0 Å². The predicted molar refractivity (Wildman–Crippen MR) is 149 cm³/mol. The van der Waals surface area contributed by atoms with E-state index in [1.165, 1.54) is 30.0 Å². The summed E-state index contributed by atoms with van der Waals surface area (Å²) in [7, 11) is -4.81. The third kappa shape index (κ3) is 5.07. The number of hydrogen-bond donors (Lipinski definition) is 1. The summed E-state index contributed by atoms with van der Waals surface area (Å²) in [6.07, 6.45) is 3.43. The van der Waals surface area contributed by atoms with Crippen LogP contribution in [0.3, 0.4) is 0 Å². The topological polar surface area (TPSA) is 89.8 Å². The van der Waals surface area contributed by atoms with Crippen LogP contribution in [0.5, 0.6) is 0 Å². The molecule has 0 amide bonds. The molecule has 0 saturated carbocycles. The predicted octanol–water partition coefficient (Wildman–Crippen LogP) is 6.63. The van der Waals surface area contributed by atoms with Crippen LogP contribution in [0.4, 0.5) is 18.9 Å². The third-order valence-electron chi connectivity index (χ3n) is 6.06. The van der Waals surface area contributed by atoms with Gasteiger partial charge >= 0.3 is 0 Å². The molecule has 0 bridgehead atoms. The van der Waals surface area contributed by atoms with Crippen molar-refractivity contribution >= 4 is 27.5 Å². The lowest BCUT2D eigenvalue weighted by Crippen LogP contribution is -2.17. The fraction of sp³-hybridized carbons (Fsp3) is 0.107. The molecule has 2 heterocycles. The van der Waals surface area contributed by atoms with E-state index in [0.29, 0.717) is 28.9 Å². The first kappa shape index (κ1) is 27.4. The Hall–Kier alpha value is -4.16. The Kier molecular flexibility index (Phi) is 7.63. The molecular formula is C28H22F3N5O2S2. The number of nitrogens with one attached hydrogen (secondary N) is 1. The fourth-order valence-corrected chi connectivity index (χ4v) is 5.87. The molecule has 204 valence electrons. The summed E-state index contributed by atoms with van der Waals surface area (Å²) >= 11 is 1.34. The Morgan fingerprint density at radius 3 is 2.27 bits per heavy atom. The second-order valence-electron chi connectivity index (χ2n) is 8.49. The second kappa shape index (κ2) is 11.1. The van der Waals surface area contributed by atoms with Gasteiger partial charge in [0.1, 0.15) is 23.2 Å². The van der Waals surface area contributed by atoms with Gasteiger partial charge in [-0.25, -0.2) is 36.5 Å². The molecule has 40 heavy (non-hydrogen) atoms. The van der Waals surface area contributed by atoms with Gasteiger partial charge in [0.2, 0.25) is 0 Å². The summed E-state index contributed by atoms with van der Waals surface area (Å²) in [5.74, 6) is -3.01. The van der Waals surface area contributed by atoms with Gasteiger partial charge in [-0.1, -0.05) is 54.2 Å². The summed E-state index contributed by atoms with van der Waals surface area (Å²) in [4.78, 5) is 12.4. The molecule has 0 radical (unpaired) electrons. The average Bonchev–Trinajstić information content (AvgIpc) is 3.34. The van der Waals surface area contributed by atoms with E-state index in [1.807, 2.05) is 52.8 Å². The highest BCUT2D eigenvalue weighted by molar-refractivity contribution is 7.98. The van der Waals surface area contributed by atoms with E-state index in [0.717, 1.165) is 23.8 Å². The van der Waals surface area contributed by atoms with Crippen LogP contribution in [-0.2, 0) is 16.6 Å². The normalized spacial score (nSPS) is 11.5. The molecule has 0 fully saturated rings. The largest absolute Gasteiger partial charge is 0.322 e. The van der Waals surface area contributed by atoms with Crippen molar-refractivity contribution in [3.05, 3.63) is 96.4 Å². The van der Waals surface area contributed by atoms with Crippen molar-refractivity contribution in [1.29, 1.82) is 0 Å². The maximum atomic E-state index is 16.1. The number of aromatic nitrogens is 4. The minimum absolute atomic E-state index is 0.0297. The van der Waals surface area contributed by atoms with Gasteiger partial charge in [0.25, 0.3) is 10.0 Å². The molecule has 0 aliphatic rings. The minimum Gasteiger partial charge on any atom is -0.322 e. The van der Waals surface area contributed by atoms with Gasteiger partial charge < -0.3 is 4.57 Å². The number of rotatable bonds is 8. The molecule has 1 N–H and O–H groups in total. The van der Waals surface area contributed by atoms with E-state index in [4.69, 9.17) is 4.98 Å². The van der Waals surface area contributed by atoms with E-state index < -0.39 is 38.1 Å².